The van der Waals surface area contributed by atoms with Gasteiger partial charge in [-0.15, -0.1) is 0 Å². The van der Waals surface area contributed by atoms with Gasteiger partial charge in [-0.05, 0) is 68.5 Å². The van der Waals surface area contributed by atoms with Crippen LogP contribution in [0.1, 0.15) is 63.5 Å². The predicted octanol–water partition coefficient (Wildman–Crippen LogP) is 2.17. The first kappa shape index (κ1) is 24.2. The molecule has 1 aromatic rings. The standard InChI is InChI=1S/C26H38N2O5/c1-25(2,16-29)23(31)24(32)27-12-9-22(30)33-18-8-7-17-14-21-19-6-4-5-10-26(19,20(17)15-18)11-13-28(21)3/h7-8,15,19,21,23,29,31H,4-6,9-14,16H2,1-3H3,(H,27,32)/t19-,21-,23+,26-/m1/s1. The lowest BCUT2D eigenvalue weighted by atomic mass is 9.52. The number of rotatable bonds is 7. The number of hydrogen-bond donors (Lipinski definition) is 3. The summed E-state index contributed by atoms with van der Waals surface area (Å²) in [6, 6.07) is 6.72. The second-order valence-corrected chi connectivity index (χ2v) is 10.9. The minimum atomic E-state index is -1.35. The van der Waals surface area contributed by atoms with Crippen LogP contribution < -0.4 is 10.1 Å². The Hall–Kier alpha value is -1.96. The smallest absolute Gasteiger partial charge is 0.312 e. The number of carbonyl (C=O) groups excluding carboxylic acids is 2. The van der Waals surface area contributed by atoms with E-state index in [1.807, 2.05) is 6.07 Å². The fraction of sp³-hybridized carbons (Fsp3) is 0.692. The molecule has 0 radical (unpaired) electrons. The van der Waals surface area contributed by atoms with E-state index in [0.29, 0.717) is 17.7 Å². The summed E-state index contributed by atoms with van der Waals surface area (Å²) in [6.45, 7) is 4.07. The molecule has 4 atom stereocenters. The van der Waals surface area contributed by atoms with Crippen molar-refractivity contribution in [2.45, 2.75) is 76.4 Å². The Bertz CT molecular complexity index is 901. The summed E-state index contributed by atoms with van der Waals surface area (Å²) in [4.78, 5) is 27.1. The average Bonchev–Trinajstić information content (AvgIpc) is 2.81. The minimum absolute atomic E-state index is 0.00966. The van der Waals surface area contributed by atoms with E-state index in [-0.39, 0.29) is 25.0 Å². The Morgan fingerprint density at radius 1 is 1.30 bits per heavy atom. The molecule has 3 N–H and O–H groups in total. The number of amides is 1. The SMILES string of the molecule is CN1CC[C@]23CCCC[C@@H]2[C@H]1Cc1ccc(OC(=O)CCNC(=O)[C@H](O)C(C)(C)CO)cc13. The number of benzene rings is 1. The number of carbonyl (C=O) groups is 2. The zero-order chi connectivity index (χ0) is 23.8. The third-order valence-corrected chi connectivity index (χ3v) is 8.34. The van der Waals surface area contributed by atoms with Crippen LogP contribution in [-0.4, -0.2) is 65.9 Å². The highest BCUT2D eigenvalue weighted by Gasteiger charge is 2.53. The summed E-state index contributed by atoms with van der Waals surface area (Å²) in [5.41, 5.74) is 2.02. The highest BCUT2D eigenvalue weighted by molar-refractivity contribution is 5.82. The van der Waals surface area contributed by atoms with Gasteiger partial charge < -0.3 is 25.2 Å². The van der Waals surface area contributed by atoms with Crippen LogP contribution in [-0.2, 0) is 21.4 Å². The lowest BCUT2D eigenvalue weighted by Crippen LogP contribution is -2.59. The summed E-state index contributed by atoms with van der Waals surface area (Å²) in [5, 5.41) is 21.9. The molecule has 2 bridgehead atoms. The third kappa shape index (κ3) is 4.55. The summed E-state index contributed by atoms with van der Waals surface area (Å²) >= 11 is 0. The van der Waals surface area contributed by atoms with E-state index < -0.39 is 23.4 Å². The number of fused-ring (bicyclic) bond motifs is 1. The van der Waals surface area contributed by atoms with Crippen molar-refractivity contribution in [1.82, 2.24) is 10.2 Å². The Kier molecular flexibility index (Phi) is 6.85. The van der Waals surface area contributed by atoms with Crippen molar-refractivity contribution in [3.05, 3.63) is 29.3 Å². The molecule has 1 saturated carbocycles. The first-order valence-corrected chi connectivity index (χ1v) is 12.3. The lowest BCUT2D eigenvalue weighted by Gasteiger charge is -2.58. The largest absolute Gasteiger partial charge is 0.426 e. The third-order valence-electron chi connectivity index (χ3n) is 8.34. The van der Waals surface area contributed by atoms with Gasteiger partial charge in [0.2, 0.25) is 5.91 Å². The Labute approximate surface area is 196 Å². The van der Waals surface area contributed by atoms with Gasteiger partial charge in [0.05, 0.1) is 13.0 Å². The molecule has 1 aliphatic heterocycles. The molecule has 182 valence electrons. The molecule has 7 nitrogen and oxygen atoms in total. The number of likely N-dealkylation sites (tertiary alicyclic amines) is 1. The maximum absolute atomic E-state index is 12.4. The van der Waals surface area contributed by atoms with E-state index in [9.17, 15) is 19.8 Å². The summed E-state index contributed by atoms with van der Waals surface area (Å²) in [7, 11) is 2.26. The number of piperidine rings is 1. The molecule has 1 amide bonds. The monoisotopic (exact) mass is 458 g/mol. The van der Waals surface area contributed by atoms with Gasteiger partial charge in [-0.3, -0.25) is 9.59 Å². The lowest BCUT2D eigenvalue weighted by molar-refractivity contribution is -0.137. The molecule has 0 unspecified atom stereocenters. The first-order chi connectivity index (χ1) is 15.7. The van der Waals surface area contributed by atoms with Gasteiger partial charge in [-0.1, -0.05) is 32.8 Å². The summed E-state index contributed by atoms with van der Waals surface area (Å²) < 4.78 is 5.64. The fourth-order valence-corrected chi connectivity index (χ4v) is 6.25. The highest BCUT2D eigenvalue weighted by Crippen LogP contribution is 2.55. The molecule has 1 saturated heterocycles. The molecule has 0 spiro atoms. The number of likely N-dealkylation sites (N-methyl/N-ethyl adjacent to an activating group) is 1. The second kappa shape index (κ2) is 9.35. The number of esters is 1. The Morgan fingerprint density at radius 3 is 2.85 bits per heavy atom. The topological polar surface area (TPSA) is 99.1 Å². The van der Waals surface area contributed by atoms with Gasteiger partial charge in [0.1, 0.15) is 11.9 Å². The van der Waals surface area contributed by atoms with Crippen molar-refractivity contribution in [2.24, 2.45) is 11.3 Å². The maximum Gasteiger partial charge on any atom is 0.312 e. The number of nitrogens with one attached hydrogen (secondary N) is 1. The van der Waals surface area contributed by atoms with Crippen LogP contribution in [0.25, 0.3) is 0 Å². The minimum Gasteiger partial charge on any atom is -0.426 e. The fourth-order valence-electron chi connectivity index (χ4n) is 6.25. The van der Waals surface area contributed by atoms with E-state index >= 15 is 0 Å². The van der Waals surface area contributed by atoms with Gasteiger partial charge in [0.15, 0.2) is 0 Å². The zero-order valence-electron chi connectivity index (χ0n) is 20.1. The van der Waals surface area contributed by atoms with Crippen LogP contribution in [0.15, 0.2) is 18.2 Å². The molecular formula is C26H38N2O5. The van der Waals surface area contributed by atoms with Gasteiger partial charge in [-0.25, -0.2) is 0 Å². The number of aliphatic hydroxyl groups is 2. The second-order valence-electron chi connectivity index (χ2n) is 10.9. The van der Waals surface area contributed by atoms with Crippen molar-refractivity contribution >= 4 is 11.9 Å². The molecule has 1 aromatic carbocycles. The van der Waals surface area contributed by atoms with Crippen LogP contribution in [0.2, 0.25) is 0 Å². The van der Waals surface area contributed by atoms with E-state index in [4.69, 9.17) is 4.74 Å². The van der Waals surface area contributed by atoms with Crippen molar-refractivity contribution in [3.8, 4) is 5.75 Å². The molecular weight excluding hydrogens is 420 g/mol. The quantitative estimate of drug-likeness (QED) is 0.428. The van der Waals surface area contributed by atoms with Crippen molar-refractivity contribution < 1.29 is 24.5 Å². The highest BCUT2D eigenvalue weighted by atomic mass is 16.5. The molecule has 4 rings (SSSR count). The van der Waals surface area contributed by atoms with Gasteiger partial charge in [0, 0.05) is 23.4 Å². The van der Waals surface area contributed by atoms with E-state index in [2.05, 4.69) is 29.4 Å². The maximum atomic E-state index is 12.4. The van der Waals surface area contributed by atoms with Crippen molar-refractivity contribution in [2.75, 3.05) is 26.7 Å². The molecule has 0 aromatic heterocycles. The van der Waals surface area contributed by atoms with E-state index in [1.54, 1.807) is 13.8 Å². The van der Waals surface area contributed by atoms with Crippen LogP contribution in [0.5, 0.6) is 5.75 Å². The van der Waals surface area contributed by atoms with E-state index in [0.717, 1.165) is 19.4 Å². The molecule has 3 aliphatic rings. The van der Waals surface area contributed by atoms with Crippen LogP contribution >= 0.6 is 0 Å². The summed E-state index contributed by atoms with van der Waals surface area (Å²) in [6.07, 6.45) is 5.93. The summed E-state index contributed by atoms with van der Waals surface area (Å²) in [5.74, 6) is 0.228. The van der Waals surface area contributed by atoms with Crippen LogP contribution in [0.4, 0.5) is 0 Å². The number of nitrogens with zero attached hydrogens (tertiary/aromatic N) is 1. The van der Waals surface area contributed by atoms with Crippen molar-refractivity contribution in [3.63, 3.8) is 0 Å². The van der Waals surface area contributed by atoms with Crippen LogP contribution in [0.3, 0.4) is 0 Å². The Balaban J connectivity index is 1.40. The van der Waals surface area contributed by atoms with Gasteiger partial charge in [0.25, 0.3) is 0 Å². The first-order valence-electron chi connectivity index (χ1n) is 12.3. The Morgan fingerprint density at radius 2 is 2.09 bits per heavy atom. The molecule has 7 heteroatoms. The van der Waals surface area contributed by atoms with Crippen LogP contribution in [0, 0.1) is 11.3 Å². The zero-order valence-corrected chi connectivity index (χ0v) is 20.1. The average molecular weight is 459 g/mol. The number of aliphatic hydroxyl groups excluding tert-OH is 2. The molecule has 2 aliphatic carbocycles. The molecule has 2 fully saturated rings. The van der Waals surface area contributed by atoms with Gasteiger partial charge >= 0.3 is 5.97 Å². The number of ether oxygens (including phenoxy) is 1. The molecule has 33 heavy (non-hydrogen) atoms. The normalized spacial score (nSPS) is 27.8. The van der Waals surface area contributed by atoms with E-state index in [1.165, 1.54) is 36.8 Å². The predicted molar refractivity (Wildman–Crippen MR) is 125 cm³/mol. The van der Waals surface area contributed by atoms with Gasteiger partial charge in [-0.2, -0.15) is 0 Å². The number of hydrogen-bond acceptors (Lipinski definition) is 6. The molecule has 1 heterocycles. The van der Waals surface area contributed by atoms with Crippen molar-refractivity contribution in [1.29, 1.82) is 0 Å².